The van der Waals surface area contributed by atoms with Crippen molar-refractivity contribution >= 4 is 17.5 Å². The van der Waals surface area contributed by atoms with Crippen LogP contribution in [0.2, 0.25) is 0 Å². The van der Waals surface area contributed by atoms with Crippen LogP contribution < -0.4 is 15.5 Å². The number of nitrogens with one attached hydrogen (secondary N) is 2. The maximum absolute atomic E-state index is 14.4. The van der Waals surface area contributed by atoms with E-state index in [0.717, 1.165) is 38.8 Å². The number of pyridine rings is 1. The molecule has 1 aromatic heterocycles. The van der Waals surface area contributed by atoms with Crippen molar-refractivity contribution in [2.24, 2.45) is 0 Å². The van der Waals surface area contributed by atoms with E-state index >= 15 is 0 Å². The van der Waals surface area contributed by atoms with Gasteiger partial charge in [-0.3, -0.25) is 0 Å². The van der Waals surface area contributed by atoms with Crippen molar-refractivity contribution in [2.45, 2.75) is 32.6 Å². The molecular weight excluding hydrogens is 331 g/mol. The number of anilines is 2. The minimum Gasteiger partial charge on any atom is -0.355 e. The predicted octanol–water partition coefficient (Wildman–Crippen LogP) is 4.41. The standard InChI is InChI=1S/C20H25FN4O/c1-2-3-11-23-20(26)24-18-16(15-8-4-5-9-17(15)21)10-12-22-19(18)25-13-6-7-14-25/h4-5,8-10,12H,2-3,6-7,11,13-14H2,1H3,(H2,23,24,26). The van der Waals surface area contributed by atoms with E-state index in [1.54, 1.807) is 30.5 Å². The smallest absolute Gasteiger partial charge is 0.319 e. The fourth-order valence-corrected chi connectivity index (χ4v) is 3.18. The van der Waals surface area contributed by atoms with E-state index < -0.39 is 0 Å². The fourth-order valence-electron chi connectivity index (χ4n) is 3.18. The second-order valence-electron chi connectivity index (χ2n) is 6.47. The SMILES string of the molecule is CCCCNC(=O)Nc1c(-c2ccccc2F)ccnc1N1CCCC1. The first-order chi connectivity index (χ1) is 12.7. The largest absolute Gasteiger partial charge is 0.355 e. The van der Waals surface area contributed by atoms with Crippen molar-refractivity contribution < 1.29 is 9.18 Å². The highest BCUT2D eigenvalue weighted by atomic mass is 19.1. The van der Waals surface area contributed by atoms with Gasteiger partial charge in [0.25, 0.3) is 0 Å². The number of carbonyl (C=O) groups excluding carboxylic acids is 1. The number of urea groups is 1. The highest BCUT2D eigenvalue weighted by Crippen LogP contribution is 2.37. The summed E-state index contributed by atoms with van der Waals surface area (Å²) < 4.78 is 14.4. The molecule has 0 atom stereocenters. The third-order valence-electron chi connectivity index (χ3n) is 4.56. The maximum atomic E-state index is 14.4. The van der Waals surface area contributed by atoms with Crippen molar-refractivity contribution in [1.82, 2.24) is 10.3 Å². The number of unbranched alkanes of at least 4 members (excludes halogenated alkanes) is 1. The molecule has 0 radical (unpaired) electrons. The molecular formula is C20H25FN4O. The Kier molecular flexibility index (Phi) is 6.04. The van der Waals surface area contributed by atoms with Crippen LogP contribution in [-0.2, 0) is 0 Å². The molecule has 0 spiro atoms. The van der Waals surface area contributed by atoms with E-state index in [1.165, 1.54) is 6.07 Å². The molecule has 26 heavy (non-hydrogen) atoms. The average Bonchev–Trinajstić information content (AvgIpc) is 3.17. The van der Waals surface area contributed by atoms with E-state index in [2.05, 4.69) is 27.4 Å². The molecule has 5 nitrogen and oxygen atoms in total. The van der Waals surface area contributed by atoms with Gasteiger partial charge in [-0.15, -0.1) is 0 Å². The van der Waals surface area contributed by atoms with Gasteiger partial charge < -0.3 is 15.5 Å². The average molecular weight is 356 g/mol. The normalized spacial score (nSPS) is 13.7. The summed E-state index contributed by atoms with van der Waals surface area (Å²) in [6, 6.07) is 8.06. The molecule has 1 saturated heterocycles. The van der Waals surface area contributed by atoms with Crippen LogP contribution >= 0.6 is 0 Å². The summed E-state index contributed by atoms with van der Waals surface area (Å²) in [6.07, 6.45) is 5.78. The van der Waals surface area contributed by atoms with E-state index in [4.69, 9.17) is 0 Å². The number of aromatic nitrogens is 1. The minimum absolute atomic E-state index is 0.288. The van der Waals surface area contributed by atoms with Crippen LogP contribution in [-0.4, -0.2) is 30.6 Å². The lowest BCUT2D eigenvalue weighted by atomic mass is 10.0. The summed E-state index contributed by atoms with van der Waals surface area (Å²) in [7, 11) is 0. The summed E-state index contributed by atoms with van der Waals surface area (Å²) in [6.45, 7) is 4.46. The van der Waals surface area contributed by atoms with Gasteiger partial charge in [0.2, 0.25) is 0 Å². The number of nitrogens with zero attached hydrogens (tertiary/aromatic N) is 2. The summed E-state index contributed by atoms with van der Waals surface area (Å²) in [5, 5.41) is 5.77. The zero-order valence-corrected chi connectivity index (χ0v) is 15.1. The van der Waals surface area contributed by atoms with Gasteiger partial charge in [0.15, 0.2) is 5.82 Å². The first-order valence-corrected chi connectivity index (χ1v) is 9.24. The molecule has 2 N–H and O–H groups in total. The number of halogens is 1. The molecule has 0 aliphatic carbocycles. The van der Waals surface area contributed by atoms with Gasteiger partial charge in [-0.25, -0.2) is 14.2 Å². The Morgan fingerprint density at radius 1 is 1.19 bits per heavy atom. The molecule has 0 saturated carbocycles. The van der Waals surface area contributed by atoms with Gasteiger partial charge in [-0.05, 0) is 31.4 Å². The summed E-state index contributed by atoms with van der Waals surface area (Å²) in [5.74, 6) is 0.384. The number of amides is 2. The molecule has 1 fully saturated rings. The lowest BCUT2D eigenvalue weighted by Gasteiger charge is -2.23. The van der Waals surface area contributed by atoms with E-state index in [9.17, 15) is 9.18 Å². The number of rotatable bonds is 6. The van der Waals surface area contributed by atoms with Crippen molar-refractivity contribution in [3.8, 4) is 11.1 Å². The lowest BCUT2D eigenvalue weighted by molar-refractivity contribution is 0.252. The minimum atomic E-state index is -0.319. The van der Waals surface area contributed by atoms with Crippen LogP contribution in [0.3, 0.4) is 0 Å². The first kappa shape index (κ1) is 18.2. The Bertz CT molecular complexity index is 759. The molecule has 2 aromatic rings. The van der Waals surface area contributed by atoms with Gasteiger partial charge in [0, 0.05) is 37.0 Å². The number of hydrogen-bond acceptors (Lipinski definition) is 3. The van der Waals surface area contributed by atoms with Gasteiger partial charge in [0.1, 0.15) is 5.82 Å². The Morgan fingerprint density at radius 2 is 1.96 bits per heavy atom. The topological polar surface area (TPSA) is 57.3 Å². The quantitative estimate of drug-likeness (QED) is 0.754. The monoisotopic (exact) mass is 356 g/mol. The highest BCUT2D eigenvalue weighted by molar-refractivity contribution is 5.98. The van der Waals surface area contributed by atoms with Gasteiger partial charge in [0.05, 0.1) is 5.69 Å². The number of carbonyl (C=O) groups is 1. The van der Waals surface area contributed by atoms with E-state index in [1.807, 2.05) is 0 Å². The first-order valence-electron chi connectivity index (χ1n) is 9.24. The van der Waals surface area contributed by atoms with Gasteiger partial charge in [-0.2, -0.15) is 0 Å². The molecule has 6 heteroatoms. The molecule has 0 unspecified atom stereocenters. The Balaban J connectivity index is 1.97. The van der Waals surface area contributed by atoms with Crippen molar-refractivity contribution in [3.63, 3.8) is 0 Å². The van der Waals surface area contributed by atoms with Crippen LogP contribution in [0, 0.1) is 5.82 Å². The second-order valence-corrected chi connectivity index (χ2v) is 6.47. The van der Waals surface area contributed by atoms with Crippen molar-refractivity contribution in [2.75, 3.05) is 29.9 Å². The third-order valence-corrected chi connectivity index (χ3v) is 4.56. The molecule has 2 amide bonds. The maximum Gasteiger partial charge on any atom is 0.319 e. The molecule has 1 aliphatic heterocycles. The summed E-state index contributed by atoms with van der Waals surface area (Å²) in [5.41, 5.74) is 1.67. The summed E-state index contributed by atoms with van der Waals surface area (Å²) in [4.78, 5) is 19.0. The van der Waals surface area contributed by atoms with Crippen LogP contribution in [0.25, 0.3) is 11.1 Å². The van der Waals surface area contributed by atoms with Crippen molar-refractivity contribution in [1.29, 1.82) is 0 Å². The highest BCUT2D eigenvalue weighted by Gasteiger charge is 2.22. The Labute approximate surface area is 153 Å². The van der Waals surface area contributed by atoms with Crippen molar-refractivity contribution in [3.05, 3.63) is 42.3 Å². The van der Waals surface area contributed by atoms with Gasteiger partial charge in [-0.1, -0.05) is 31.5 Å². The van der Waals surface area contributed by atoms with E-state index in [-0.39, 0.29) is 11.8 Å². The molecule has 1 aliphatic rings. The zero-order valence-electron chi connectivity index (χ0n) is 15.1. The Morgan fingerprint density at radius 3 is 2.69 bits per heavy atom. The molecule has 1 aromatic carbocycles. The molecule has 138 valence electrons. The molecule has 2 heterocycles. The van der Waals surface area contributed by atoms with Crippen LogP contribution in [0.1, 0.15) is 32.6 Å². The molecule has 3 rings (SSSR count). The van der Waals surface area contributed by atoms with Crippen LogP contribution in [0.4, 0.5) is 20.7 Å². The summed E-state index contributed by atoms with van der Waals surface area (Å²) >= 11 is 0. The van der Waals surface area contributed by atoms with Gasteiger partial charge >= 0.3 is 6.03 Å². The lowest BCUT2D eigenvalue weighted by Crippen LogP contribution is -2.31. The zero-order chi connectivity index (χ0) is 18.4. The van der Waals surface area contributed by atoms with Crippen LogP contribution in [0.5, 0.6) is 0 Å². The van der Waals surface area contributed by atoms with E-state index in [0.29, 0.717) is 29.2 Å². The fraction of sp³-hybridized carbons (Fsp3) is 0.400. The number of benzene rings is 1. The third kappa shape index (κ3) is 4.12. The molecule has 0 bridgehead atoms. The number of hydrogen-bond donors (Lipinski definition) is 2. The Hall–Kier alpha value is -2.63. The van der Waals surface area contributed by atoms with Crippen LogP contribution in [0.15, 0.2) is 36.5 Å². The predicted molar refractivity (Wildman–Crippen MR) is 103 cm³/mol. The second kappa shape index (κ2) is 8.65.